The van der Waals surface area contributed by atoms with E-state index in [4.69, 9.17) is 10.00 Å². The van der Waals surface area contributed by atoms with Crippen LogP contribution in [0.4, 0.5) is 4.79 Å². The maximum absolute atomic E-state index is 13.0. The van der Waals surface area contributed by atoms with E-state index in [-0.39, 0.29) is 17.9 Å². The Labute approximate surface area is 182 Å². The van der Waals surface area contributed by atoms with Crippen molar-refractivity contribution < 1.29 is 14.3 Å². The second kappa shape index (κ2) is 7.73. The van der Waals surface area contributed by atoms with Crippen molar-refractivity contribution in [2.75, 3.05) is 19.6 Å². The van der Waals surface area contributed by atoms with E-state index < -0.39 is 5.60 Å². The van der Waals surface area contributed by atoms with Crippen molar-refractivity contribution in [2.45, 2.75) is 37.3 Å². The first-order chi connectivity index (χ1) is 15.1. The number of piperidine rings is 1. The van der Waals surface area contributed by atoms with Gasteiger partial charge in [0.1, 0.15) is 5.60 Å². The lowest BCUT2D eigenvalue weighted by Gasteiger charge is -2.37. The monoisotopic (exact) mass is 415 g/mol. The predicted octanol–water partition coefficient (Wildman–Crippen LogP) is 3.68. The summed E-state index contributed by atoms with van der Waals surface area (Å²) in [7, 11) is 0. The van der Waals surface area contributed by atoms with Gasteiger partial charge in [-0.1, -0.05) is 42.5 Å². The lowest BCUT2D eigenvalue weighted by molar-refractivity contribution is -0.136. The zero-order chi connectivity index (χ0) is 21.4. The summed E-state index contributed by atoms with van der Waals surface area (Å²) in [4.78, 5) is 29.1. The number of ether oxygens (including phenoxy) is 1. The molecule has 2 heterocycles. The molecule has 2 aliphatic heterocycles. The molecule has 0 aromatic heterocycles. The fourth-order valence-electron chi connectivity index (χ4n) is 4.89. The number of carbonyl (C=O) groups excluding carboxylic acids is 2. The molecule has 0 radical (unpaired) electrons. The van der Waals surface area contributed by atoms with E-state index in [1.165, 1.54) is 5.56 Å². The summed E-state index contributed by atoms with van der Waals surface area (Å²) >= 11 is 0. The molecule has 0 bridgehead atoms. The zero-order valence-corrected chi connectivity index (χ0v) is 17.4. The topological polar surface area (TPSA) is 73.6 Å². The van der Waals surface area contributed by atoms with Gasteiger partial charge >= 0.3 is 6.09 Å². The summed E-state index contributed by atoms with van der Waals surface area (Å²) in [5, 5.41) is 8.93. The summed E-state index contributed by atoms with van der Waals surface area (Å²) in [5.74, 6) is 0.676. The molecule has 1 aliphatic carbocycles. The van der Waals surface area contributed by atoms with Gasteiger partial charge in [-0.05, 0) is 35.6 Å². The van der Waals surface area contributed by atoms with E-state index in [0.29, 0.717) is 50.5 Å². The lowest BCUT2D eigenvalue weighted by atomic mass is 9.91. The molecular formula is C25H25N3O3. The SMILES string of the molecule is N#Cc1ccc(CN2CC3(CCN(C(=O)C4CC4c4ccccc4)CC3)OC2=O)cc1. The van der Waals surface area contributed by atoms with Crippen LogP contribution in [0.5, 0.6) is 0 Å². The minimum atomic E-state index is -0.497. The highest BCUT2D eigenvalue weighted by atomic mass is 16.6. The highest BCUT2D eigenvalue weighted by Gasteiger charge is 2.50. The molecule has 2 unspecified atom stereocenters. The van der Waals surface area contributed by atoms with Crippen molar-refractivity contribution in [3.8, 4) is 6.07 Å². The van der Waals surface area contributed by atoms with Crippen LogP contribution in [0.1, 0.15) is 41.9 Å². The second-order valence-electron chi connectivity index (χ2n) is 8.90. The van der Waals surface area contributed by atoms with Gasteiger partial charge in [0, 0.05) is 38.4 Å². The maximum atomic E-state index is 13.0. The number of hydrogen-bond acceptors (Lipinski definition) is 4. The van der Waals surface area contributed by atoms with E-state index in [2.05, 4.69) is 18.2 Å². The molecule has 5 rings (SSSR count). The van der Waals surface area contributed by atoms with Crippen LogP contribution in [0.3, 0.4) is 0 Å². The summed E-state index contributed by atoms with van der Waals surface area (Å²) in [6.07, 6.45) is 1.99. The number of rotatable bonds is 4. The molecule has 31 heavy (non-hydrogen) atoms. The molecule has 2 saturated heterocycles. The summed E-state index contributed by atoms with van der Waals surface area (Å²) in [6.45, 7) is 2.28. The van der Waals surface area contributed by atoms with E-state index in [0.717, 1.165) is 12.0 Å². The average molecular weight is 415 g/mol. The Morgan fingerprint density at radius 1 is 1.10 bits per heavy atom. The first-order valence-electron chi connectivity index (χ1n) is 10.9. The van der Waals surface area contributed by atoms with E-state index in [9.17, 15) is 9.59 Å². The van der Waals surface area contributed by atoms with Crippen molar-refractivity contribution in [2.24, 2.45) is 5.92 Å². The third-order valence-electron chi connectivity index (χ3n) is 6.82. The largest absolute Gasteiger partial charge is 0.441 e. The third kappa shape index (κ3) is 3.88. The normalized spacial score (nSPS) is 24.0. The molecule has 1 spiro atoms. The summed E-state index contributed by atoms with van der Waals surface area (Å²) < 4.78 is 5.81. The van der Waals surface area contributed by atoms with Crippen LogP contribution in [0.25, 0.3) is 0 Å². The summed E-state index contributed by atoms with van der Waals surface area (Å²) in [5.41, 5.74) is 2.33. The highest BCUT2D eigenvalue weighted by molar-refractivity contribution is 5.83. The number of nitrogens with zero attached hydrogens (tertiary/aromatic N) is 3. The molecule has 3 aliphatic rings. The van der Waals surface area contributed by atoms with Gasteiger partial charge in [0.15, 0.2) is 0 Å². The van der Waals surface area contributed by atoms with Crippen LogP contribution in [-0.4, -0.2) is 47.0 Å². The Morgan fingerprint density at radius 3 is 2.48 bits per heavy atom. The van der Waals surface area contributed by atoms with Crippen LogP contribution in [0.15, 0.2) is 54.6 Å². The number of nitriles is 1. The van der Waals surface area contributed by atoms with Gasteiger partial charge in [-0.2, -0.15) is 5.26 Å². The molecule has 2 aromatic rings. The van der Waals surface area contributed by atoms with Crippen LogP contribution in [-0.2, 0) is 16.1 Å². The van der Waals surface area contributed by atoms with E-state index in [1.54, 1.807) is 17.0 Å². The predicted molar refractivity (Wildman–Crippen MR) is 114 cm³/mol. The fourth-order valence-corrected chi connectivity index (χ4v) is 4.89. The van der Waals surface area contributed by atoms with Crippen molar-refractivity contribution in [1.82, 2.24) is 9.80 Å². The molecule has 3 fully saturated rings. The van der Waals surface area contributed by atoms with Gasteiger partial charge in [0.05, 0.1) is 18.2 Å². The van der Waals surface area contributed by atoms with E-state index in [1.807, 2.05) is 35.2 Å². The van der Waals surface area contributed by atoms with E-state index >= 15 is 0 Å². The first kappa shape index (κ1) is 19.6. The Balaban J connectivity index is 1.16. The minimum absolute atomic E-state index is 0.0930. The standard InChI is InChI=1S/C25H25N3O3/c26-15-18-6-8-19(9-7-18)16-28-17-25(31-24(28)30)10-12-27(13-11-25)23(29)22-14-21(22)20-4-2-1-3-5-20/h1-9,21-22H,10-14,16-17H2. The molecule has 1 saturated carbocycles. The van der Waals surface area contributed by atoms with Gasteiger partial charge in [0.2, 0.25) is 5.91 Å². The summed E-state index contributed by atoms with van der Waals surface area (Å²) in [6, 6.07) is 19.6. The van der Waals surface area contributed by atoms with Crippen LogP contribution in [0, 0.1) is 17.2 Å². The maximum Gasteiger partial charge on any atom is 0.410 e. The quantitative estimate of drug-likeness (QED) is 0.764. The number of carbonyl (C=O) groups is 2. The van der Waals surface area contributed by atoms with Gasteiger partial charge < -0.3 is 9.64 Å². The average Bonchev–Trinajstić information content (AvgIpc) is 3.55. The van der Waals surface area contributed by atoms with Gasteiger partial charge in [-0.25, -0.2) is 4.79 Å². The first-order valence-corrected chi connectivity index (χ1v) is 10.9. The molecule has 0 N–H and O–H groups in total. The lowest BCUT2D eigenvalue weighted by Crippen LogP contribution is -2.49. The van der Waals surface area contributed by atoms with Gasteiger partial charge in [-0.3, -0.25) is 9.69 Å². The fraction of sp³-hybridized carbons (Fsp3) is 0.400. The van der Waals surface area contributed by atoms with Gasteiger partial charge in [-0.15, -0.1) is 0 Å². The Hall–Kier alpha value is -3.33. The van der Waals surface area contributed by atoms with Crippen molar-refractivity contribution in [3.05, 3.63) is 71.3 Å². The molecular weight excluding hydrogens is 390 g/mol. The molecule has 2 atom stereocenters. The zero-order valence-electron chi connectivity index (χ0n) is 17.4. The number of likely N-dealkylation sites (tertiary alicyclic amines) is 1. The molecule has 6 nitrogen and oxygen atoms in total. The molecule has 6 heteroatoms. The Kier molecular flexibility index (Phi) is 4.90. The number of hydrogen-bond donors (Lipinski definition) is 0. The highest BCUT2D eigenvalue weighted by Crippen LogP contribution is 2.49. The Morgan fingerprint density at radius 2 is 1.81 bits per heavy atom. The number of benzene rings is 2. The minimum Gasteiger partial charge on any atom is -0.441 e. The molecule has 158 valence electrons. The molecule has 2 aromatic carbocycles. The van der Waals surface area contributed by atoms with Crippen molar-refractivity contribution in [3.63, 3.8) is 0 Å². The second-order valence-corrected chi connectivity index (χ2v) is 8.90. The van der Waals surface area contributed by atoms with Crippen LogP contribution in [0.2, 0.25) is 0 Å². The van der Waals surface area contributed by atoms with Crippen molar-refractivity contribution >= 4 is 12.0 Å². The smallest absolute Gasteiger partial charge is 0.410 e. The van der Waals surface area contributed by atoms with Crippen LogP contribution < -0.4 is 0 Å². The van der Waals surface area contributed by atoms with Gasteiger partial charge in [0.25, 0.3) is 0 Å². The van der Waals surface area contributed by atoms with Crippen molar-refractivity contribution in [1.29, 1.82) is 5.26 Å². The molecule has 2 amide bonds. The van der Waals surface area contributed by atoms with Crippen LogP contribution >= 0.6 is 0 Å². The third-order valence-corrected chi connectivity index (χ3v) is 6.82. The Bertz CT molecular complexity index is 1020. The number of amides is 2.